The number of hydrogen-bond donors (Lipinski definition) is 0. The minimum absolute atomic E-state index is 0.293. The van der Waals surface area contributed by atoms with Crippen LogP contribution in [0.1, 0.15) is 38.8 Å². The Morgan fingerprint density at radius 2 is 2.06 bits per heavy atom. The van der Waals surface area contributed by atoms with Crippen LogP contribution in [0.4, 0.5) is 0 Å². The van der Waals surface area contributed by atoms with Gasteiger partial charge >= 0.3 is 0 Å². The molecule has 16 heavy (non-hydrogen) atoms. The van der Waals surface area contributed by atoms with E-state index in [4.69, 9.17) is 0 Å². The van der Waals surface area contributed by atoms with Gasteiger partial charge < -0.3 is 0 Å². The first kappa shape index (κ1) is 13.1. The van der Waals surface area contributed by atoms with Crippen molar-refractivity contribution in [3.63, 3.8) is 0 Å². The Hall–Kier alpha value is -0.960. The molecule has 0 unspecified atom stereocenters. The molecule has 0 aliphatic carbocycles. The predicted molar refractivity (Wildman–Crippen MR) is 71.3 cm³/mol. The molecule has 0 spiro atoms. The van der Waals surface area contributed by atoms with E-state index in [9.17, 15) is 4.21 Å². The summed E-state index contributed by atoms with van der Waals surface area (Å²) in [6.07, 6.45) is 2.70. The second-order valence-electron chi connectivity index (χ2n) is 4.69. The molecular weight excluding hydrogens is 218 g/mol. The van der Waals surface area contributed by atoms with Gasteiger partial charge in [-0.15, -0.1) is 0 Å². The first-order valence-corrected chi connectivity index (χ1v) is 6.59. The lowest BCUT2D eigenvalue weighted by molar-refractivity contribution is 0.651. The van der Waals surface area contributed by atoms with Gasteiger partial charge in [-0.1, -0.05) is 31.2 Å². The number of rotatable bonds is 3. The Morgan fingerprint density at radius 1 is 1.38 bits per heavy atom. The lowest BCUT2D eigenvalue weighted by Crippen LogP contribution is -2.19. The van der Waals surface area contributed by atoms with Crippen molar-refractivity contribution in [3.05, 3.63) is 35.4 Å². The molecule has 2 nitrogen and oxygen atoms in total. The van der Waals surface area contributed by atoms with Gasteiger partial charge in [0.25, 0.3) is 0 Å². The van der Waals surface area contributed by atoms with Gasteiger partial charge in [0.05, 0.1) is 4.75 Å². The van der Waals surface area contributed by atoms with Gasteiger partial charge in [-0.2, -0.15) is 4.40 Å². The zero-order chi connectivity index (χ0) is 12.2. The highest BCUT2D eigenvalue weighted by molar-refractivity contribution is 7.85. The fourth-order valence-electron chi connectivity index (χ4n) is 1.16. The molecule has 0 aliphatic heterocycles. The van der Waals surface area contributed by atoms with Crippen LogP contribution in [-0.4, -0.2) is 15.2 Å². The second kappa shape index (κ2) is 5.39. The van der Waals surface area contributed by atoms with Crippen molar-refractivity contribution >= 4 is 17.2 Å². The predicted octanol–water partition coefficient (Wildman–Crippen LogP) is 3.13. The quantitative estimate of drug-likeness (QED) is 0.743. The number of benzene rings is 1. The van der Waals surface area contributed by atoms with Crippen molar-refractivity contribution in [2.24, 2.45) is 4.40 Å². The Morgan fingerprint density at radius 3 is 2.62 bits per heavy atom. The first-order chi connectivity index (χ1) is 7.43. The molecular formula is C13H19NOS. The van der Waals surface area contributed by atoms with Crippen molar-refractivity contribution < 1.29 is 4.21 Å². The number of nitrogens with zero attached hydrogens (tertiary/aromatic N) is 1. The van der Waals surface area contributed by atoms with Crippen molar-refractivity contribution in [2.45, 2.75) is 38.9 Å². The molecule has 0 aliphatic rings. The molecule has 0 heterocycles. The summed E-state index contributed by atoms with van der Waals surface area (Å²) in [6.45, 7) is 7.87. The topological polar surface area (TPSA) is 29.4 Å². The summed E-state index contributed by atoms with van der Waals surface area (Å²) in [7, 11) is -1.18. The molecule has 0 aromatic heterocycles. The van der Waals surface area contributed by atoms with Gasteiger partial charge in [0.2, 0.25) is 0 Å². The summed E-state index contributed by atoms with van der Waals surface area (Å²) < 4.78 is 15.5. The largest absolute Gasteiger partial charge is 0.234 e. The van der Waals surface area contributed by atoms with Crippen LogP contribution in [0.25, 0.3) is 0 Å². The summed E-state index contributed by atoms with van der Waals surface area (Å²) >= 11 is 0. The third-order valence-electron chi connectivity index (χ3n) is 2.18. The standard InChI is InChI=1S/C13H19NOS/c1-5-11-7-6-8-12(9-11)10-14-16(15)13(2,3)4/h6-10H,5H2,1-4H3/t16-/m1/s1. The van der Waals surface area contributed by atoms with Crippen molar-refractivity contribution in [2.75, 3.05) is 0 Å². The highest BCUT2D eigenvalue weighted by Crippen LogP contribution is 2.12. The average Bonchev–Trinajstić information content (AvgIpc) is 2.25. The zero-order valence-corrected chi connectivity index (χ0v) is 11.2. The van der Waals surface area contributed by atoms with Crippen LogP contribution in [-0.2, 0) is 17.4 Å². The van der Waals surface area contributed by atoms with Crippen LogP contribution in [0.15, 0.2) is 28.7 Å². The molecule has 0 fully saturated rings. The minimum Gasteiger partial charge on any atom is -0.234 e. The van der Waals surface area contributed by atoms with E-state index in [1.54, 1.807) is 6.21 Å². The molecule has 0 saturated heterocycles. The highest BCUT2D eigenvalue weighted by Gasteiger charge is 2.17. The Balaban J connectivity index is 2.80. The Labute approximate surface area is 100 Å². The second-order valence-corrected chi connectivity index (χ2v) is 6.63. The monoisotopic (exact) mass is 237 g/mol. The van der Waals surface area contributed by atoms with Crippen molar-refractivity contribution in [1.82, 2.24) is 0 Å². The summed E-state index contributed by atoms with van der Waals surface area (Å²) in [5, 5.41) is 0. The van der Waals surface area contributed by atoms with Crippen LogP contribution in [0.3, 0.4) is 0 Å². The van der Waals surface area contributed by atoms with E-state index in [0.717, 1.165) is 12.0 Å². The maximum Gasteiger partial charge on any atom is 0.144 e. The molecule has 88 valence electrons. The molecule has 0 amide bonds. The third kappa shape index (κ3) is 3.89. The maximum atomic E-state index is 11.7. The first-order valence-electron chi connectivity index (χ1n) is 5.48. The van der Waals surface area contributed by atoms with Crippen LogP contribution < -0.4 is 0 Å². The van der Waals surface area contributed by atoms with E-state index in [-0.39, 0.29) is 4.75 Å². The van der Waals surface area contributed by atoms with Crippen LogP contribution in [0.2, 0.25) is 0 Å². The lowest BCUT2D eigenvalue weighted by Gasteiger charge is -2.12. The van der Waals surface area contributed by atoms with Gasteiger partial charge in [-0.25, -0.2) is 4.21 Å². The number of aryl methyl sites for hydroxylation is 1. The van der Waals surface area contributed by atoms with E-state index < -0.39 is 11.0 Å². The molecule has 3 heteroatoms. The maximum absolute atomic E-state index is 11.7. The molecule has 0 saturated carbocycles. The molecule has 1 atom stereocenters. The third-order valence-corrected chi connectivity index (χ3v) is 3.53. The Kier molecular flexibility index (Phi) is 4.42. The van der Waals surface area contributed by atoms with Crippen molar-refractivity contribution in [1.29, 1.82) is 0 Å². The SMILES string of the molecule is CCc1cccc(C=N[S@](=O)C(C)(C)C)c1. The molecule has 0 bridgehead atoms. The van der Waals surface area contributed by atoms with Gasteiger partial charge in [0.1, 0.15) is 11.0 Å². The Bertz CT molecular complexity index is 405. The van der Waals surface area contributed by atoms with E-state index in [2.05, 4.69) is 23.5 Å². The van der Waals surface area contributed by atoms with E-state index >= 15 is 0 Å². The minimum atomic E-state index is -1.18. The molecule has 1 aromatic carbocycles. The summed E-state index contributed by atoms with van der Waals surface area (Å²) in [4.78, 5) is 0. The molecule has 1 aromatic rings. The van der Waals surface area contributed by atoms with Crippen LogP contribution >= 0.6 is 0 Å². The van der Waals surface area contributed by atoms with Gasteiger partial charge in [0.15, 0.2) is 0 Å². The van der Waals surface area contributed by atoms with E-state index in [1.807, 2.05) is 32.9 Å². The lowest BCUT2D eigenvalue weighted by atomic mass is 10.1. The highest BCUT2D eigenvalue weighted by atomic mass is 32.2. The van der Waals surface area contributed by atoms with E-state index in [1.165, 1.54) is 5.56 Å². The van der Waals surface area contributed by atoms with E-state index in [0.29, 0.717) is 0 Å². The van der Waals surface area contributed by atoms with Gasteiger partial charge in [-0.3, -0.25) is 0 Å². The zero-order valence-electron chi connectivity index (χ0n) is 10.4. The smallest absolute Gasteiger partial charge is 0.144 e. The average molecular weight is 237 g/mol. The summed E-state index contributed by atoms with van der Waals surface area (Å²) in [5.74, 6) is 0. The van der Waals surface area contributed by atoms with Gasteiger partial charge in [-0.05, 0) is 38.3 Å². The molecule has 1 rings (SSSR count). The summed E-state index contributed by atoms with van der Waals surface area (Å²) in [6, 6.07) is 8.13. The van der Waals surface area contributed by atoms with Crippen LogP contribution in [0.5, 0.6) is 0 Å². The van der Waals surface area contributed by atoms with Crippen LogP contribution in [0, 0.1) is 0 Å². The fourth-order valence-corrected chi connectivity index (χ4v) is 1.69. The van der Waals surface area contributed by atoms with Crippen molar-refractivity contribution in [3.8, 4) is 0 Å². The summed E-state index contributed by atoms with van der Waals surface area (Å²) in [5.41, 5.74) is 2.28. The molecule has 0 N–H and O–H groups in total. The normalized spacial score (nSPS) is 14.2. The fraction of sp³-hybridized carbons (Fsp3) is 0.462. The molecule has 0 radical (unpaired) electrons. The van der Waals surface area contributed by atoms with Gasteiger partial charge in [0, 0.05) is 6.21 Å². The number of hydrogen-bond acceptors (Lipinski definition) is 1.